The molecule has 166 valence electrons. The summed E-state index contributed by atoms with van der Waals surface area (Å²) in [6.07, 6.45) is 14.1. The second-order valence-electron chi connectivity index (χ2n) is 10.2. The number of rotatable bonds is 10. The molecule has 2 aliphatic rings. The first-order chi connectivity index (χ1) is 13.6. The third kappa shape index (κ3) is 6.96. The predicted octanol–water partition coefficient (Wildman–Crippen LogP) is 4.85. The molecule has 0 aliphatic heterocycles. The van der Waals surface area contributed by atoms with Gasteiger partial charge in [-0.05, 0) is 64.7 Å². The van der Waals surface area contributed by atoms with Gasteiger partial charge in [0.2, 0.25) is 5.91 Å². The fraction of sp³-hybridized carbons (Fsp3) is 0.800. The highest BCUT2D eigenvalue weighted by atomic mass is 16.3. The maximum absolute atomic E-state index is 12.3. The zero-order valence-electron chi connectivity index (χ0n) is 19.2. The molecule has 1 fully saturated rings. The van der Waals surface area contributed by atoms with Crippen LogP contribution < -0.4 is 0 Å². The van der Waals surface area contributed by atoms with Gasteiger partial charge in [-0.2, -0.15) is 0 Å². The van der Waals surface area contributed by atoms with Gasteiger partial charge in [0.15, 0.2) is 0 Å². The van der Waals surface area contributed by atoms with Gasteiger partial charge >= 0.3 is 0 Å². The number of carbonyl (C=O) groups is 1. The first kappa shape index (κ1) is 24.1. The van der Waals surface area contributed by atoms with Gasteiger partial charge in [0.1, 0.15) is 0 Å². The minimum Gasteiger partial charge on any atom is -0.392 e. The zero-order chi connectivity index (χ0) is 21.6. The quantitative estimate of drug-likeness (QED) is 0.403. The van der Waals surface area contributed by atoms with Crippen molar-refractivity contribution in [2.45, 2.75) is 103 Å². The van der Waals surface area contributed by atoms with E-state index in [1.807, 2.05) is 18.0 Å². The Morgan fingerprint density at radius 1 is 1.31 bits per heavy atom. The van der Waals surface area contributed by atoms with Crippen LogP contribution in [0.3, 0.4) is 0 Å². The lowest BCUT2D eigenvalue weighted by Crippen LogP contribution is -2.42. The highest BCUT2D eigenvalue weighted by molar-refractivity contribution is 5.76. The van der Waals surface area contributed by atoms with Gasteiger partial charge in [-0.25, -0.2) is 0 Å². The fourth-order valence-corrected chi connectivity index (χ4v) is 4.76. The maximum atomic E-state index is 12.3. The van der Waals surface area contributed by atoms with Crippen molar-refractivity contribution in [3.63, 3.8) is 0 Å². The summed E-state index contributed by atoms with van der Waals surface area (Å²) in [6, 6.07) is 0. The van der Waals surface area contributed by atoms with E-state index in [4.69, 9.17) is 0 Å². The van der Waals surface area contributed by atoms with Crippen molar-refractivity contribution in [1.29, 1.82) is 0 Å². The molecule has 2 rings (SSSR count). The zero-order valence-corrected chi connectivity index (χ0v) is 19.2. The van der Waals surface area contributed by atoms with E-state index >= 15 is 0 Å². The fourth-order valence-electron chi connectivity index (χ4n) is 4.76. The van der Waals surface area contributed by atoms with Crippen LogP contribution in [0, 0.1) is 17.8 Å². The lowest BCUT2D eigenvalue weighted by Gasteiger charge is -2.32. The van der Waals surface area contributed by atoms with E-state index in [2.05, 4.69) is 39.8 Å². The highest BCUT2D eigenvalue weighted by Crippen LogP contribution is 2.48. The number of aliphatic hydroxyl groups is 2. The van der Waals surface area contributed by atoms with Gasteiger partial charge in [0, 0.05) is 24.9 Å². The summed E-state index contributed by atoms with van der Waals surface area (Å²) in [4.78, 5) is 14.2. The number of unbranched alkanes of at least 4 members (excludes halogenated alkanes) is 2. The van der Waals surface area contributed by atoms with E-state index in [-0.39, 0.29) is 23.5 Å². The molecule has 0 unspecified atom stereocenters. The molecule has 0 saturated heterocycles. The van der Waals surface area contributed by atoms with Crippen molar-refractivity contribution in [2.24, 2.45) is 17.8 Å². The number of hydrogen-bond donors (Lipinski definition) is 2. The minimum absolute atomic E-state index is 0.127. The van der Waals surface area contributed by atoms with Crippen molar-refractivity contribution in [3.8, 4) is 0 Å². The Labute approximate surface area is 178 Å². The molecule has 0 heterocycles. The number of fused-ring (bicyclic) bond motifs is 1. The molecule has 0 radical (unpaired) electrons. The van der Waals surface area contributed by atoms with Gasteiger partial charge < -0.3 is 15.1 Å². The molecule has 4 heteroatoms. The average molecular weight is 406 g/mol. The summed E-state index contributed by atoms with van der Waals surface area (Å²) in [5.41, 5.74) is 1.32. The summed E-state index contributed by atoms with van der Waals surface area (Å²) in [5.74, 6) is 1.25. The molecule has 0 spiro atoms. The molecular weight excluding hydrogens is 362 g/mol. The normalized spacial score (nSPS) is 27.9. The molecule has 0 aromatic carbocycles. The van der Waals surface area contributed by atoms with Crippen LogP contribution in [0.2, 0.25) is 0 Å². The third-order valence-electron chi connectivity index (χ3n) is 6.88. The molecule has 2 aliphatic carbocycles. The van der Waals surface area contributed by atoms with E-state index in [1.54, 1.807) is 0 Å². The smallest absolute Gasteiger partial charge is 0.222 e. The van der Waals surface area contributed by atoms with Crippen LogP contribution in [0.4, 0.5) is 0 Å². The molecule has 5 atom stereocenters. The topological polar surface area (TPSA) is 60.8 Å². The Kier molecular flexibility index (Phi) is 8.96. The molecule has 0 bridgehead atoms. The Morgan fingerprint density at radius 3 is 2.69 bits per heavy atom. The molecule has 29 heavy (non-hydrogen) atoms. The molecule has 4 nitrogen and oxygen atoms in total. The van der Waals surface area contributed by atoms with Crippen molar-refractivity contribution in [1.82, 2.24) is 4.90 Å². The van der Waals surface area contributed by atoms with Gasteiger partial charge in [-0.3, -0.25) is 4.79 Å². The van der Waals surface area contributed by atoms with Gasteiger partial charge in [-0.15, -0.1) is 0 Å². The molecule has 0 aromatic heterocycles. The molecule has 1 amide bonds. The lowest BCUT2D eigenvalue weighted by atomic mass is 9.88. The summed E-state index contributed by atoms with van der Waals surface area (Å²) in [6.45, 7) is 8.35. The Bertz CT molecular complexity index is 589. The maximum Gasteiger partial charge on any atom is 0.222 e. The first-order valence-electron chi connectivity index (χ1n) is 11.6. The van der Waals surface area contributed by atoms with E-state index in [9.17, 15) is 15.0 Å². The van der Waals surface area contributed by atoms with Gasteiger partial charge in [-0.1, -0.05) is 50.0 Å². The van der Waals surface area contributed by atoms with E-state index in [0.717, 1.165) is 51.4 Å². The van der Waals surface area contributed by atoms with Crippen molar-refractivity contribution < 1.29 is 15.0 Å². The Morgan fingerprint density at radius 2 is 2.03 bits per heavy atom. The van der Waals surface area contributed by atoms with Crippen LogP contribution in [0.25, 0.3) is 0 Å². The second-order valence-corrected chi connectivity index (χ2v) is 10.2. The van der Waals surface area contributed by atoms with E-state index in [1.165, 1.54) is 5.57 Å². The first-order valence-corrected chi connectivity index (χ1v) is 11.6. The second kappa shape index (κ2) is 10.8. The van der Waals surface area contributed by atoms with Crippen LogP contribution >= 0.6 is 0 Å². The Hall–Kier alpha value is -1.13. The highest BCUT2D eigenvalue weighted by Gasteiger charge is 2.43. The summed E-state index contributed by atoms with van der Waals surface area (Å²) in [5, 5.41) is 20.6. The van der Waals surface area contributed by atoms with E-state index < -0.39 is 6.10 Å². The molecule has 0 aromatic rings. The molecule has 2 N–H and O–H groups in total. The standard InChI is InChI=1S/C25H43NO3/c1-6-7-8-11-20(27)13-14-21-22-16-18(15-19(22)17-23(21)28)10-9-12-24(29)26(5)25(2,3)4/h13-15,19-23,27-28H,6-12,16-17H2,1-5H3/b14-13+/t19-,20-,21+,22-,23+/m0/s1. The molecule has 1 saturated carbocycles. The number of aliphatic hydroxyl groups excluding tert-OH is 2. The number of amides is 1. The Balaban J connectivity index is 1.80. The SMILES string of the molecule is CCCCC[C@H](O)/C=C/[C@@H]1[C@H]2CC(CCCC(=O)N(C)C(C)(C)C)=C[C@H]2C[C@H]1O. The van der Waals surface area contributed by atoms with Crippen molar-refractivity contribution in [3.05, 3.63) is 23.8 Å². The summed E-state index contributed by atoms with van der Waals surface area (Å²) >= 11 is 0. The number of allylic oxidation sites excluding steroid dienone is 2. The van der Waals surface area contributed by atoms with Crippen LogP contribution in [0.15, 0.2) is 23.8 Å². The van der Waals surface area contributed by atoms with E-state index in [0.29, 0.717) is 18.3 Å². The average Bonchev–Trinajstić information content (AvgIpc) is 3.15. The van der Waals surface area contributed by atoms with Crippen LogP contribution in [0.1, 0.15) is 85.5 Å². The lowest BCUT2D eigenvalue weighted by molar-refractivity contribution is -0.134. The van der Waals surface area contributed by atoms with Crippen LogP contribution in [-0.2, 0) is 4.79 Å². The third-order valence-corrected chi connectivity index (χ3v) is 6.88. The summed E-state index contributed by atoms with van der Waals surface area (Å²) in [7, 11) is 1.89. The number of hydrogen-bond acceptors (Lipinski definition) is 3. The van der Waals surface area contributed by atoms with Gasteiger partial charge in [0.25, 0.3) is 0 Å². The number of nitrogens with zero attached hydrogens (tertiary/aromatic N) is 1. The number of carbonyl (C=O) groups excluding carboxylic acids is 1. The van der Waals surface area contributed by atoms with Crippen LogP contribution in [-0.4, -0.2) is 45.8 Å². The van der Waals surface area contributed by atoms with Crippen LogP contribution in [0.5, 0.6) is 0 Å². The monoisotopic (exact) mass is 405 g/mol. The largest absolute Gasteiger partial charge is 0.392 e. The van der Waals surface area contributed by atoms with Crippen molar-refractivity contribution >= 4 is 5.91 Å². The minimum atomic E-state index is -0.396. The van der Waals surface area contributed by atoms with Gasteiger partial charge in [0.05, 0.1) is 12.2 Å². The summed E-state index contributed by atoms with van der Waals surface area (Å²) < 4.78 is 0. The predicted molar refractivity (Wildman–Crippen MR) is 119 cm³/mol. The van der Waals surface area contributed by atoms with Crippen molar-refractivity contribution in [2.75, 3.05) is 7.05 Å². The molecular formula is C25H43NO3.